The first-order chi connectivity index (χ1) is 8.19. The molecule has 1 unspecified atom stereocenters. The van der Waals surface area contributed by atoms with Gasteiger partial charge in [0.05, 0.1) is 6.10 Å². The van der Waals surface area contributed by atoms with Crippen molar-refractivity contribution < 1.29 is 4.74 Å². The molecule has 1 aromatic rings. The summed E-state index contributed by atoms with van der Waals surface area (Å²) in [6, 6.07) is 1.96. The standard InChI is InChI=1S/C12H18ClN3O/c1-3-16(8-10-5-4-6-17-10)11-7-9(2)14-12(13)15-11/h7,10H,3-6,8H2,1-2H3. The molecule has 4 nitrogen and oxygen atoms in total. The molecule has 1 fully saturated rings. The van der Waals surface area contributed by atoms with Crippen molar-refractivity contribution in [1.82, 2.24) is 9.97 Å². The number of likely N-dealkylation sites (N-methyl/N-ethyl adjacent to an activating group) is 1. The van der Waals surface area contributed by atoms with Crippen LogP contribution in [0.5, 0.6) is 0 Å². The number of ether oxygens (including phenoxy) is 1. The largest absolute Gasteiger partial charge is 0.376 e. The SMILES string of the molecule is CCN(CC1CCCO1)c1cc(C)nc(Cl)n1. The second kappa shape index (κ2) is 5.65. The molecule has 0 aliphatic carbocycles. The lowest BCUT2D eigenvalue weighted by Gasteiger charge is -2.25. The zero-order valence-electron chi connectivity index (χ0n) is 10.3. The lowest BCUT2D eigenvalue weighted by atomic mass is 10.2. The van der Waals surface area contributed by atoms with Gasteiger partial charge in [-0.3, -0.25) is 0 Å². The average molecular weight is 256 g/mol. The molecule has 0 N–H and O–H groups in total. The molecule has 2 rings (SSSR count). The summed E-state index contributed by atoms with van der Waals surface area (Å²) in [4.78, 5) is 10.5. The van der Waals surface area contributed by atoms with Crippen LogP contribution in [-0.2, 0) is 4.74 Å². The molecule has 0 bridgehead atoms. The summed E-state index contributed by atoms with van der Waals surface area (Å²) < 4.78 is 5.65. The number of rotatable bonds is 4. The highest BCUT2D eigenvalue weighted by Crippen LogP contribution is 2.19. The molecule has 1 aromatic heterocycles. The van der Waals surface area contributed by atoms with Gasteiger partial charge in [-0.05, 0) is 38.3 Å². The molecular weight excluding hydrogens is 238 g/mol. The van der Waals surface area contributed by atoms with E-state index in [0.717, 1.165) is 44.0 Å². The Morgan fingerprint density at radius 1 is 1.53 bits per heavy atom. The quantitative estimate of drug-likeness (QED) is 0.775. The van der Waals surface area contributed by atoms with E-state index in [1.54, 1.807) is 0 Å². The van der Waals surface area contributed by atoms with Gasteiger partial charge >= 0.3 is 0 Å². The number of halogens is 1. The molecule has 0 saturated carbocycles. The monoisotopic (exact) mass is 255 g/mol. The van der Waals surface area contributed by atoms with E-state index in [1.807, 2.05) is 13.0 Å². The molecule has 0 spiro atoms. The predicted octanol–water partition coefficient (Wildman–Crippen LogP) is 2.44. The zero-order chi connectivity index (χ0) is 12.3. The number of aromatic nitrogens is 2. The van der Waals surface area contributed by atoms with Crippen LogP contribution in [0.2, 0.25) is 5.28 Å². The molecule has 0 amide bonds. The van der Waals surface area contributed by atoms with E-state index >= 15 is 0 Å². The van der Waals surface area contributed by atoms with Gasteiger partial charge in [-0.1, -0.05) is 0 Å². The third kappa shape index (κ3) is 3.30. The van der Waals surface area contributed by atoms with E-state index in [0.29, 0.717) is 11.4 Å². The van der Waals surface area contributed by atoms with Gasteiger partial charge in [0.15, 0.2) is 0 Å². The van der Waals surface area contributed by atoms with Gasteiger partial charge < -0.3 is 9.64 Å². The molecule has 17 heavy (non-hydrogen) atoms. The molecule has 94 valence electrons. The Kier molecular flexibility index (Phi) is 4.18. The van der Waals surface area contributed by atoms with Crippen LogP contribution < -0.4 is 4.90 Å². The van der Waals surface area contributed by atoms with Crippen LogP contribution in [-0.4, -0.2) is 35.8 Å². The van der Waals surface area contributed by atoms with Crippen molar-refractivity contribution >= 4 is 17.4 Å². The Labute approximate surface area is 107 Å². The number of nitrogens with zero attached hydrogens (tertiary/aromatic N) is 3. The highest BCUT2D eigenvalue weighted by molar-refractivity contribution is 6.28. The molecule has 5 heteroatoms. The molecule has 1 aliphatic rings. The average Bonchev–Trinajstić information content (AvgIpc) is 2.77. The summed E-state index contributed by atoms with van der Waals surface area (Å²) in [5, 5.41) is 0.311. The van der Waals surface area contributed by atoms with Gasteiger partial charge in [0.2, 0.25) is 5.28 Å². The van der Waals surface area contributed by atoms with Crippen molar-refractivity contribution in [2.24, 2.45) is 0 Å². The van der Waals surface area contributed by atoms with Crippen molar-refractivity contribution in [1.29, 1.82) is 0 Å². The van der Waals surface area contributed by atoms with Crippen LogP contribution in [0.15, 0.2) is 6.07 Å². The maximum absolute atomic E-state index is 5.89. The van der Waals surface area contributed by atoms with Gasteiger partial charge in [-0.25, -0.2) is 9.97 Å². The normalized spacial score (nSPS) is 19.6. The summed E-state index contributed by atoms with van der Waals surface area (Å²) >= 11 is 5.89. The van der Waals surface area contributed by atoms with Crippen molar-refractivity contribution in [3.05, 3.63) is 17.0 Å². The smallest absolute Gasteiger partial charge is 0.224 e. The second-order valence-electron chi connectivity index (χ2n) is 4.31. The van der Waals surface area contributed by atoms with Gasteiger partial charge in [-0.15, -0.1) is 0 Å². The van der Waals surface area contributed by atoms with Crippen LogP contribution in [0, 0.1) is 6.92 Å². The second-order valence-corrected chi connectivity index (χ2v) is 4.65. The van der Waals surface area contributed by atoms with Crippen molar-refractivity contribution in [3.8, 4) is 0 Å². The van der Waals surface area contributed by atoms with Gasteiger partial charge in [-0.2, -0.15) is 0 Å². The summed E-state index contributed by atoms with van der Waals surface area (Å²) in [5.74, 6) is 0.889. The van der Waals surface area contributed by atoms with E-state index in [2.05, 4.69) is 21.8 Å². The van der Waals surface area contributed by atoms with Crippen molar-refractivity contribution in [2.45, 2.75) is 32.8 Å². The maximum Gasteiger partial charge on any atom is 0.224 e. The van der Waals surface area contributed by atoms with E-state index in [9.17, 15) is 0 Å². The first-order valence-corrected chi connectivity index (χ1v) is 6.44. The van der Waals surface area contributed by atoms with Gasteiger partial charge in [0.1, 0.15) is 5.82 Å². The fourth-order valence-electron chi connectivity index (χ4n) is 2.10. The van der Waals surface area contributed by atoms with Crippen LogP contribution in [0.3, 0.4) is 0 Å². The Hall–Kier alpha value is -0.870. The topological polar surface area (TPSA) is 38.2 Å². The van der Waals surface area contributed by atoms with Crippen molar-refractivity contribution in [3.63, 3.8) is 0 Å². The first kappa shape index (κ1) is 12.6. The van der Waals surface area contributed by atoms with Gasteiger partial charge in [0.25, 0.3) is 0 Å². The number of hydrogen-bond acceptors (Lipinski definition) is 4. The molecule has 2 heterocycles. The van der Waals surface area contributed by atoms with E-state index < -0.39 is 0 Å². The number of hydrogen-bond donors (Lipinski definition) is 0. The Morgan fingerprint density at radius 3 is 2.94 bits per heavy atom. The van der Waals surface area contributed by atoms with Crippen LogP contribution in [0.1, 0.15) is 25.5 Å². The summed E-state index contributed by atoms with van der Waals surface area (Å²) in [6.07, 6.45) is 2.61. The number of anilines is 1. The minimum absolute atomic E-state index is 0.311. The van der Waals surface area contributed by atoms with Gasteiger partial charge in [0, 0.05) is 31.5 Å². The summed E-state index contributed by atoms with van der Waals surface area (Å²) in [6.45, 7) is 6.69. The predicted molar refractivity (Wildman–Crippen MR) is 68.6 cm³/mol. The van der Waals surface area contributed by atoms with E-state index in [1.165, 1.54) is 0 Å². The third-order valence-electron chi connectivity index (χ3n) is 2.97. The fourth-order valence-corrected chi connectivity index (χ4v) is 2.32. The van der Waals surface area contributed by atoms with E-state index in [4.69, 9.17) is 16.3 Å². The third-order valence-corrected chi connectivity index (χ3v) is 3.14. The minimum atomic E-state index is 0.311. The molecular formula is C12H18ClN3O. The first-order valence-electron chi connectivity index (χ1n) is 6.06. The Balaban J connectivity index is 2.10. The van der Waals surface area contributed by atoms with Crippen LogP contribution in [0.4, 0.5) is 5.82 Å². The lowest BCUT2D eigenvalue weighted by molar-refractivity contribution is 0.115. The Morgan fingerprint density at radius 2 is 2.35 bits per heavy atom. The van der Waals surface area contributed by atoms with Crippen LogP contribution >= 0.6 is 11.6 Å². The highest BCUT2D eigenvalue weighted by atomic mass is 35.5. The molecule has 0 aromatic carbocycles. The summed E-state index contributed by atoms with van der Waals surface area (Å²) in [5.41, 5.74) is 0.894. The summed E-state index contributed by atoms with van der Waals surface area (Å²) in [7, 11) is 0. The highest BCUT2D eigenvalue weighted by Gasteiger charge is 2.19. The molecule has 1 saturated heterocycles. The molecule has 0 radical (unpaired) electrons. The zero-order valence-corrected chi connectivity index (χ0v) is 11.1. The lowest BCUT2D eigenvalue weighted by Crippen LogP contribution is -2.32. The molecule has 1 aliphatic heterocycles. The minimum Gasteiger partial charge on any atom is -0.376 e. The fraction of sp³-hybridized carbons (Fsp3) is 0.667. The number of aryl methyl sites for hydroxylation is 1. The molecule has 1 atom stereocenters. The Bertz CT molecular complexity index is 360. The van der Waals surface area contributed by atoms with E-state index in [-0.39, 0.29) is 0 Å². The maximum atomic E-state index is 5.89. The van der Waals surface area contributed by atoms with Crippen molar-refractivity contribution in [2.75, 3.05) is 24.6 Å². The van der Waals surface area contributed by atoms with Crippen LogP contribution in [0.25, 0.3) is 0 Å².